The normalized spacial score (nSPS) is 15.6. The van der Waals surface area contributed by atoms with Gasteiger partial charge in [-0.1, -0.05) is 12.1 Å². The summed E-state index contributed by atoms with van der Waals surface area (Å²) in [6.45, 7) is 3.96. The molecule has 2 heterocycles. The second-order valence-electron chi connectivity index (χ2n) is 5.03. The number of para-hydroxylation sites is 1. The van der Waals surface area contributed by atoms with Crippen LogP contribution in [0.2, 0.25) is 0 Å². The van der Waals surface area contributed by atoms with Crippen molar-refractivity contribution in [2.75, 3.05) is 38.2 Å². The molecule has 0 atom stereocenters. The van der Waals surface area contributed by atoms with E-state index in [1.165, 1.54) is 0 Å². The van der Waals surface area contributed by atoms with Crippen LogP contribution in [0.25, 0.3) is 11.3 Å². The van der Waals surface area contributed by atoms with Crippen molar-refractivity contribution < 1.29 is 4.74 Å². The molecule has 1 N–H and O–H groups in total. The first kappa shape index (κ1) is 13.8. The van der Waals surface area contributed by atoms with Crippen molar-refractivity contribution in [2.45, 2.75) is 6.42 Å². The van der Waals surface area contributed by atoms with E-state index in [1.807, 2.05) is 36.5 Å². The molecule has 1 aliphatic heterocycles. The Morgan fingerprint density at radius 3 is 2.95 bits per heavy atom. The maximum atomic E-state index is 5.42. The number of hydrogen-bond acceptors (Lipinski definition) is 5. The van der Waals surface area contributed by atoms with Crippen molar-refractivity contribution in [3.63, 3.8) is 0 Å². The molecule has 1 fully saturated rings. The van der Waals surface area contributed by atoms with Crippen LogP contribution in [0.3, 0.4) is 0 Å². The molecule has 0 bridgehead atoms. The molecular formula is C16H20N4O. The fourth-order valence-corrected chi connectivity index (χ4v) is 2.55. The zero-order valence-corrected chi connectivity index (χ0v) is 12.2. The summed E-state index contributed by atoms with van der Waals surface area (Å²) in [5.41, 5.74) is 1.89. The van der Waals surface area contributed by atoms with Crippen LogP contribution in [0, 0.1) is 0 Å². The second-order valence-corrected chi connectivity index (χ2v) is 5.03. The van der Waals surface area contributed by atoms with Crippen LogP contribution in [-0.2, 0) is 0 Å². The van der Waals surface area contributed by atoms with Gasteiger partial charge >= 0.3 is 0 Å². The van der Waals surface area contributed by atoms with Crippen molar-refractivity contribution in [1.29, 1.82) is 0 Å². The van der Waals surface area contributed by atoms with E-state index in [9.17, 15) is 0 Å². The monoisotopic (exact) mass is 284 g/mol. The number of nitrogens with one attached hydrogen (secondary N) is 1. The summed E-state index contributed by atoms with van der Waals surface area (Å²) < 4.78 is 5.42. The minimum Gasteiger partial charge on any atom is -0.496 e. The largest absolute Gasteiger partial charge is 0.496 e. The molecule has 2 aromatic rings. The number of ether oxygens (including phenoxy) is 1. The summed E-state index contributed by atoms with van der Waals surface area (Å²) in [5.74, 6) is 1.63. The lowest BCUT2D eigenvalue weighted by Crippen LogP contribution is -2.29. The summed E-state index contributed by atoms with van der Waals surface area (Å²) in [6, 6.07) is 9.86. The molecule has 0 amide bonds. The van der Waals surface area contributed by atoms with Crippen molar-refractivity contribution >= 4 is 5.95 Å². The third-order valence-corrected chi connectivity index (χ3v) is 3.65. The van der Waals surface area contributed by atoms with Gasteiger partial charge in [0.2, 0.25) is 5.95 Å². The molecule has 1 aliphatic rings. The lowest BCUT2D eigenvalue weighted by atomic mass is 10.1. The molecule has 0 spiro atoms. The van der Waals surface area contributed by atoms with Gasteiger partial charge in [0.1, 0.15) is 5.75 Å². The number of nitrogens with zero attached hydrogens (tertiary/aromatic N) is 3. The highest BCUT2D eigenvalue weighted by atomic mass is 16.5. The van der Waals surface area contributed by atoms with Gasteiger partial charge in [-0.25, -0.2) is 9.97 Å². The van der Waals surface area contributed by atoms with Gasteiger partial charge in [0.15, 0.2) is 0 Å². The second kappa shape index (κ2) is 6.54. The fourth-order valence-electron chi connectivity index (χ4n) is 2.55. The van der Waals surface area contributed by atoms with Crippen LogP contribution in [-0.4, -0.2) is 43.3 Å². The molecule has 0 unspecified atom stereocenters. The van der Waals surface area contributed by atoms with Crippen molar-refractivity contribution in [3.05, 3.63) is 36.5 Å². The van der Waals surface area contributed by atoms with E-state index in [0.29, 0.717) is 0 Å². The first-order valence-electron chi connectivity index (χ1n) is 7.30. The Balaban J connectivity index is 1.92. The Morgan fingerprint density at radius 1 is 1.14 bits per heavy atom. The molecule has 5 heteroatoms. The third-order valence-electron chi connectivity index (χ3n) is 3.65. The minimum absolute atomic E-state index is 0.794. The third kappa shape index (κ3) is 3.13. The van der Waals surface area contributed by atoms with Crippen LogP contribution in [0.4, 0.5) is 5.95 Å². The molecular weight excluding hydrogens is 264 g/mol. The highest BCUT2D eigenvalue weighted by Gasteiger charge is 2.14. The Morgan fingerprint density at radius 2 is 2.05 bits per heavy atom. The number of methoxy groups -OCH3 is 1. The van der Waals surface area contributed by atoms with E-state index < -0.39 is 0 Å². The van der Waals surface area contributed by atoms with Crippen molar-refractivity contribution in [2.24, 2.45) is 0 Å². The van der Waals surface area contributed by atoms with Crippen molar-refractivity contribution in [1.82, 2.24) is 15.3 Å². The highest BCUT2D eigenvalue weighted by Crippen LogP contribution is 2.28. The van der Waals surface area contributed by atoms with Crippen LogP contribution in [0.5, 0.6) is 5.75 Å². The van der Waals surface area contributed by atoms with Crippen LogP contribution in [0.1, 0.15) is 6.42 Å². The molecule has 3 rings (SSSR count). The molecule has 0 aliphatic carbocycles. The van der Waals surface area contributed by atoms with Gasteiger partial charge < -0.3 is 15.0 Å². The quantitative estimate of drug-likeness (QED) is 0.933. The van der Waals surface area contributed by atoms with Gasteiger partial charge in [0.25, 0.3) is 0 Å². The number of benzene rings is 1. The molecule has 1 aromatic heterocycles. The van der Waals surface area contributed by atoms with E-state index in [4.69, 9.17) is 9.72 Å². The molecule has 110 valence electrons. The zero-order chi connectivity index (χ0) is 14.5. The van der Waals surface area contributed by atoms with E-state index in [1.54, 1.807) is 7.11 Å². The predicted molar refractivity (Wildman–Crippen MR) is 83.7 cm³/mol. The highest BCUT2D eigenvalue weighted by molar-refractivity contribution is 5.67. The molecule has 5 nitrogen and oxygen atoms in total. The van der Waals surface area contributed by atoms with E-state index in [0.717, 1.165) is 55.6 Å². The summed E-state index contributed by atoms with van der Waals surface area (Å²) >= 11 is 0. The topological polar surface area (TPSA) is 50.3 Å². The maximum absolute atomic E-state index is 5.42. The zero-order valence-electron chi connectivity index (χ0n) is 12.2. The van der Waals surface area contributed by atoms with Gasteiger partial charge in [-0.3, -0.25) is 0 Å². The summed E-state index contributed by atoms with van der Waals surface area (Å²) in [7, 11) is 1.68. The number of hydrogen-bond donors (Lipinski definition) is 1. The van der Waals surface area contributed by atoms with E-state index >= 15 is 0 Å². The molecule has 1 saturated heterocycles. The SMILES string of the molecule is COc1ccccc1-c1ccnc(N2CCCNCC2)n1. The van der Waals surface area contributed by atoms with Gasteiger partial charge in [-0.05, 0) is 31.2 Å². The Kier molecular flexibility index (Phi) is 4.31. The van der Waals surface area contributed by atoms with Gasteiger partial charge in [0.05, 0.1) is 12.8 Å². The van der Waals surface area contributed by atoms with Crippen LogP contribution >= 0.6 is 0 Å². The smallest absolute Gasteiger partial charge is 0.225 e. The number of aromatic nitrogens is 2. The van der Waals surface area contributed by atoms with Crippen LogP contribution < -0.4 is 15.0 Å². The average molecular weight is 284 g/mol. The van der Waals surface area contributed by atoms with Crippen molar-refractivity contribution in [3.8, 4) is 17.0 Å². The summed E-state index contributed by atoms with van der Waals surface area (Å²) in [6.07, 6.45) is 2.94. The number of rotatable bonds is 3. The molecule has 0 radical (unpaired) electrons. The summed E-state index contributed by atoms with van der Waals surface area (Å²) in [5, 5.41) is 3.39. The van der Waals surface area contributed by atoms with Gasteiger partial charge in [0, 0.05) is 31.4 Å². The lowest BCUT2D eigenvalue weighted by molar-refractivity contribution is 0.416. The fraction of sp³-hybridized carbons (Fsp3) is 0.375. The lowest BCUT2D eigenvalue weighted by Gasteiger charge is -2.20. The summed E-state index contributed by atoms with van der Waals surface area (Å²) in [4.78, 5) is 11.4. The first-order valence-corrected chi connectivity index (χ1v) is 7.30. The van der Waals surface area contributed by atoms with Crippen LogP contribution in [0.15, 0.2) is 36.5 Å². The first-order chi connectivity index (χ1) is 10.4. The Hall–Kier alpha value is -2.14. The average Bonchev–Trinajstić information content (AvgIpc) is 2.84. The molecule has 1 aromatic carbocycles. The number of anilines is 1. The van der Waals surface area contributed by atoms with E-state index in [-0.39, 0.29) is 0 Å². The van der Waals surface area contributed by atoms with Gasteiger partial charge in [-0.15, -0.1) is 0 Å². The Labute approximate surface area is 125 Å². The van der Waals surface area contributed by atoms with E-state index in [2.05, 4.69) is 15.2 Å². The maximum Gasteiger partial charge on any atom is 0.225 e. The molecule has 0 saturated carbocycles. The Bertz CT molecular complexity index is 594. The molecule has 21 heavy (non-hydrogen) atoms. The van der Waals surface area contributed by atoms with Gasteiger partial charge in [-0.2, -0.15) is 0 Å². The minimum atomic E-state index is 0.794. The predicted octanol–water partition coefficient (Wildman–Crippen LogP) is 1.95. The standard InChI is InChI=1S/C16H20N4O/c1-21-15-6-3-2-5-13(15)14-7-9-18-16(19-14)20-11-4-8-17-10-12-20/h2-3,5-7,9,17H,4,8,10-12H2,1H3.